The number of halogens is 1. The zero-order chi connectivity index (χ0) is 16.9. The van der Waals surface area contributed by atoms with E-state index in [1.54, 1.807) is 19.1 Å². The molecule has 1 fully saturated rings. The minimum atomic E-state index is -1.40. The first-order chi connectivity index (χ1) is 10.9. The van der Waals surface area contributed by atoms with Crippen molar-refractivity contribution in [2.75, 3.05) is 19.8 Å². The van der Waals surface area contributed by atoms with Crippen molar-refractivity contribution >= 4 is 17.5 Å². The van der Waals surface area contributed by atoms with Crippen LogP contribution in [0, 0.1) is 5.92 Å². The predicted octanol–water partition coefficient (Wildman–Crippen LogP) is 2.53. The number of aliphatic hydroxyl groups is 1. The first-order valence-electron chi connectivity index (χ1n) is 7.94. The Bertz CT molecular complexity index is 541. The van der Waals surface area contributed by atoms with Crippen LogP contribution in [0.5, 0.6) is 5.75 Å². The molecule has 2 N–H and O–H groups in total. The summed E-state index contributed by atoms with van der Waals surface area (Å²) in [5.74, 6) is 0.181. The number of amides is 1. The minimum Gasteiger partial charge on any atom is -0.493 e. The Kier molecular flexibility index (Phi) is 6.27. The standard InChI is InChI=1S/C17H24ClNO4/c1-3-23-15-10-14(18)5-4-12(15)11-19-16(20)17(2,21)13-6-8-22-9-7-13/h4-5,10,13,21H,3,6-9,11H2,1-2H3,(H,19,20). The Labute approximate surface area is 141 Å². The van der Waals surface area contributed by atoms with E-state index in [1.165, 1.54) is 0 Å². The van der Waals surface area contributed by atoms with E-state index in [4.69, 9.17) is 21.1 Å². The monoisotopic (exact) mass is 341 g/mol. The lowest BCUT2D eigenvalue weighted by Gasteiger charge is -2.34. The molecule has 0 aliphatic carbocycles. The molecule has 1 unspecified atom stereocenters. The van der Waals surface area contributed by atoms with Crippen molar-refractivity contribution < 1.29 is 19.4 Å². The van der Waals surface area contributed by atoms with Crippen molar-refractivity contribution in [2.24, 2.45) is 5.92 Å². The van der Waals surface area contributed by atoms with Crippen LogP contribution in [0.15, 0.2) is 18.2 Å². The molecule has 1 heterocycles. The van der Waals surface area contributed by atoms with E-state index >= 15 is 0 Å². The van der Waals surface area contributed by atoms with Gasteiger partial charge in [0, 0.05) is 36.3 Å². The quantitative estimate of drug-likeness (QED) is 0.834. The average molecular weight is 342 g/mol. The lowest BCUT2D eigenvalue weighted by molar-refractivity contribution is -0.147. The highest BCUT2D eigenvalue weighted by atomic mass is 35.5. The third-order valence-corrected chi connectivity index (χ3v) is 4.48. The molecule has 1 amide bonds. The number of carbonyl (C=O) groups excluding carboxylic acids is 1. The van der Waals surface area contributed by atoms with E-state index in [1.807, 2.05) is 13.0 Å². The lowest BCUT2D eigenvalue weighted by Crippen LogP contribution is -2.51. The highest BCUT2D eigenvalue weighted by Gasteiger charge is 2.39. The van der Waals surface area contributed by atoms with Gasteiger partial charge in [0.25, 0.3) is 5.91 Å². The van der Waals surface area contributed by atoms with Gasteiger partial charge < -0.3 is 19.9 Å². The number of hydrogen-bond acceptors (Lipinski definition) is 4. The largest absolute Gasteiger partial charge is 0.493 e. The lowest BCUT2D eigenvalue weighted by atomic mass is 9.82. The SMILES string of the molecule is CCOc1cc(Cl)ccc1CNC(=O)C(C)(O)C1CCOCC1. The van der Waals surface area contributed by atoms with Crippen LogP contribution in [0.4, 0.5) is 0 Å². The Morgan fingerprint density at radius 2 is 2.17 bits per heavy atom. The molecule has 1 aliphatic rings. The molecule has 1 saturated heterocycles. The number of carbonyl (C=O) groups is 1. The van der Waals surface area contributed by atoms with Crippen molar-refractivity contribution in [1.82, 2.24) is 5.32 Å². The molecule has 0 spiro atoms. The van der Waals surface area contributed by atoms with E-state index < -0.39 is 5.60 Å². The third kappa shape index (κ3) is 4.59. The van der Waals surface area contributed by atoms with Gasteiger partial charge in [0.15, 0.2) is 0 Å². The summed E-state index contributed by atoms with van der Waals surface area (Å²) in [5, 5.41) is 14.0. The van der Waals surface area contributed by atoms with Crippen LogP contribution in [0.25, 0.3) is 0 Å². The molecule has 0 bridgehead atoms. The predicted molar refractivity (Wildman–Crippen MR) is 88.6 cm³/mol. The summed E-state index contributed by atoms with van der Waals surface area (Å²) in [6, 6.07) is 5.29. The maximum atomic E-state index is 12.4. The molecule has 6 heteroatoms. The second-order valence-electron chi connectivity index (χ2n) is 5.90. The maximum Gasteiger partial charge on any atom is 0.252 e. The zero-order valence-corrected chi connectivity index (χ0v) is 14.4. The molecule has 0 saturated carbocycles. The normalized spacial score (nSPS) is 18.3. The van der Waals surface area contributed by atoms with Gasteiger partial charge in [-0.25, -0.2) is 0 Å². The summed E-state index contributed by atoms with van der Waals surface area (Å²) < 4.78 is 10.8. The van der Waals surface area contributed by atoms with Gasteiger partial charge in [-0.15, -0.1) is 0 Å². The van der Waals surface area contributed by atoms with Gasteiger partial charge in [0.1, 0.15) is 11.4 Å². The van der Waals surface area contributed by atoms with Crippen molar-refractivity contribution in [3.8, 4) is 5.75 Å². The van der Waals surface area contributed by atoms with E-state index in [0.29, 0.717) is 43.4 Å². The zero-order valence-electron chi connectivity index (χ0n) is 13.6. The van der Waals surface area contributed by atoms with Crippen LogP contribution in [0.2, 0.25) is 5.02 Å². The third-order valence-electron chi connectivity index (χ3n) is 4.24. The number of benzene rings is 1. The molecule has 0 aromatic heterocycles. The van der Waals surface area contributed by atoms with E-state index in [-0.39, 0.29) is 18.4 Å². The Morgan fingerprint density at radius 1 is 1.48 bits per heavy atom. The molecule has 1 atom stereocenters. The first-order valence-corrected chi connectivity index (χ1v) is 8.32. The van der Waals surface area contributed by atoms with Crippen molar-refractivity contribution in [3.05, 3.63) is 28.8 Å². The molecule has 0 radical (unpaired) electrons. The van der Waals surface area contributed by atoms with Gasteiger partial charge in [-0.3, -0.25) is 4.79 Å². The van der Waals surface area contributed by atoms with Gasteiger partial charge >= 0.3 is 0 Å². The summed E-state index contributed by atoms with van der Waals surface area (Å²) in [7, 11) is 0. The van der Waals surface area contributed by atoms with E-state index in [9.17, 15) is 9.90 Å². The van der Waals surface area contributed by atoms with Crippen molar-refractivity contribution in [3.63, 3.8) is 0 Å². The second-order valence-corrected chi connectivity index (χ2v) is 6.34. The molecular weight excluding hydrogens is 318 g/mol. The fraction of sp³-hybridized carbons (Fsp3) is 0.588. The minimum absolute atomic E-state index is 0.0900. The van der Waals surface area contributed by atoms with Crippen LogP contribution < -0.4 is 10.1 Å². The van der Waals surface area contributed by atoms with Crippen LogP contribution in [-0.4, -0.2) is 36.4 Å². The molecule has 128 valence electrons. The summed E-state index contributed by atoms with van der Waals surface area (Å²) in [6.45, 7) is 5.42. The topological polar surface area (TPSA) is 67.8 Å². The summed E-state index contributed by atoms with van der Waals surface area (Å²) in [6.07, 6.45) is 1.37. The van der Waals surface area contributed by atoms with Gasteiger partial charge in [-0.2, -0.15) is 0 Å². The molecule has 1 aromatic rings. The Hall–Kier alpha value is -1.30. The van der Waals surface area contributed by atoms with Crippen LogP contribution >= 0.6 is 11.6 Å². The smallest absolute Gasteiger partial charge is 0.252 e. The van der Waals surface area contributed by atoms with Crippen molar-refractivity contribution in [1.29, 1.82) is 0 Å². The molecule has 1 aliphatic heterocycles. The maximum absolute atomic E-state index is 12.4. The molecule has 2 rings (SSSR count). The number of ether oxygens (including phenoxy) is 2. The molecular formula is C17H24ClNO4. The number of rotatable bonds is 6. The highest BCUT2D eigenvalue weighted by Crippen LogP contribution is 2.28. The summed E-state index contributed by atoms with van der Waals surface area (Å²) in [5.41, 5.74) is -0.575. The van der Waals surface area contributed by atoms with Gasteiger partial charge in [-0.1, -0.05) is 17.7 Å². The Balaban J connectivity index is 2.00. The van der Waals surface area contributed by atoms with Crippen molar-refractivity contribution in [2.45, 2.75) is 38.8 Å². The molecule has 5 nitrogen and oxygen atoms in total. The second kappa shape index (κ2) is 7.99. The van der Waals surface area contributed by atoms with Crippen LogP contribution in [-0.2, 0) is 16.1 Å². The van der Waals surface area contributed by atoms with Gasteiger partial charge in [0.2, 0.25) is 0 Å². The summed E-state index contributed by atoms with van der Waals surface area (Å²) in [4.78, 5) is 12.4. The highest BCUT2D eigenvalue weighted by molar-refractivity contribution is 6.30. The number of hydrogen-bond donors (Lipinski definition) is 2. The van der Waals surface area contributed by atoms with Gasteiger partial charge in [-0.05, 0) is 38.8 Å². The summed E-state index contributed by atoms with van der Waals surface area (Å²) >= 11 is 5.97. The van der Waals surface area contributed by atoms with Crippen LogP contribution in [0.1, 0.15) is 32.3 Å². The van der Waals surface area contributed by atoms with E-state index in [0.717, 1.165) is 5.56 Å². The average Bonchev–Trinajstić information content (AvgIpc) is 2.55. The fourth-order valence-electron chi connectivity index (χ4n) is 2.76. The van der Waals surface area contributed by atoms with Crippen LogP contribution in [0.3, 0.4) is 0 Å². The fourth-order valence-corrected chi connectivity index (χ4v) is 2.93. The van der Waals surface area contributed by atoms with Gasteiger partial charge in [0.05, 0.1) is 6.61 Å². The number of nitrogens with one attached hydrogen (secondary N) is 1. The molecule has 23 heavy (non-hydrogen) atoms. The first kappa shape index (κ1) is 18.0. The Morgan fingerprint density at radius 3 is 2.83 bits per heavy atom. The van der Waals surface area contributed by atoms with E-state index in [2.05, 4.69) is 5.32 Å². The molecule has 1 aromatic carbocycles.